The van der Waals surface area contributed by atoms with Crippen molar-refractivity contribution in [2.24, 2.45) is 0 Å². The predicted octanol–water partition coefficient (Wildman–Crippen LogP) is 3.59. The average Bonchev–Trinajstić information content (AvgIpc) is 2.16. The Hall–Kier alpha value is -0.640. The Labute approximate surface area is 97.2 Å². The molecule has 0 radical (unpaired) electrons. The molecule has 0 bridgehead atoms. The highest BCUT2D eigenvalue weighted by Gasteiger charge is 2.11. The fourth-order valence-electron chi connectivity index (χ4n) is 1.50. The van der Waals surface area contributed by atoms with Gasteiger partial charge in [0.1, 0.15) is 0 Å². The topological polar surface area (TPSA) is 3.24 Å². The summed E-state index contributed by atoms with van der Waals surface area (Å²) in [5, 5.41) is 0.678. The first-order valence-corrected chi connectivity index (χ1v) is 5.81. The van der Waals surface area contributed by atoms with Gasteiger partial charge in [-0.05, 0) is 18.6 Å². The molecule has 0 unspecified atom stereocenters. The van der Waals surface area contributed by atoms with E-state index in [9.17, 15) is 8.78 Å². The Morgan fingerprint density at radius 2 is 2.07 bits per heavy atom. The van der Waals surface area contributed by atoms with Crippen molar-refractivity contribution in [3.63, 3.8) is 0 Å². The third kappa shape index (κ3) is 3.45. The minimum absolute atomic E-state index is 0.233. The highest BCUT2D eigenvalue weighted by Crippen LogP contribution is 2.23. The zero-order chi connectivity index (χ0) is 11.4. The normalized spacial score (nSPS) is 10.8. The van der Waals surface area contributed by atoms with Crippen LogP contribution in [0.2, 0.25) is 0 Å². The molecule has 1 nitrogen and oxygen atoms in total. The zero-order valence-corrected chi connectivity index (χ0v) is 10.4. The third-order valence-corrected chi connectivity index (χ3v) is 2.81. The summed E-state index contributed by atoms with van der Waals surface area (Å²) in [6.45, 7) is 1.76. The lowest BCUT2D eigenvalue weighted by Gasteiger charge is -2.21. The van der Waals surface area contributed by atoms with Crippen LogP contribution in [0.1, 0.15) is 11.1 Å². The summed E-state index contributed by atoms with van der Waals surface area (Å²) in [6, 6.07) is 5.82. The van der Waals surface area contributed by atoms with Crippen molar-refractivity contribution in [3.05, 3.63) is 29.3 Å². The second-order valence-corrected chi connectivity index (χ2v) is 4.10. The highest BCUT2D eigenvalue weighted by molar-refractivity contribution is 9.08. The number of anilines is 1. The molecule has 0 aliphatic rings. The predicted molar refractivity (Wildman–Crippen MR) is 63.1 cm³/mol. The molecule has 0 saturated heterocycles. The number of nitrogens with zero attached hydrogens (tertiary/aromatic N) is 1. The van der Waals surface area contributed by atoms with E-state index in [-0.39, 0.29) is 6.54 Å². The minimum atomic E-state index is -2.31. The lowest BCUT2D eigenvalue weighted by atomic mass is 10.1. The molecule has 0 fully saturated rings. The first-order valence-electron chi connectivity index (χ1n) is 4.69. The van der Waals surface area contributed by atoms with Crippen molar-refractivity contribution in [2.75, 3.05) is 18.5 Å². The molecule has 0 atom stereocenters. The Morgan fingerprint density at radius 3 is 2.60 bits per heavy atom. The maximum absolute atomic E-state index is 12.2. The van der Waals surface area contributed by atoms with Crippen LogP contribution < -0.4 is 4.90 Å². The molecule has 0 spiro atoms. The van der Waals surface area contributed by atoms with E-state index in [0.717, 1.165) is 16.8 Å². The van der Waals surface area contributed by atoms with Crippen molar-refractivity contribution < 1.29 is 8.78 Å². The van der Waals surface area contributed by atoms with E-state index in [4.69, 9.17) is 0 Å². The molecule has 0 aromatic heterocycles. The highest BCUT2D eigenvalue weighted by atomic mass is 79.9. The molecule has 84 valence electrons. The van der Waals surface area contributed by atoms with E-state index >= 15 is 0 Å². The molecule has 0 heterocycles. The Bertz CT molecular complexity index is 328. The summed E-state index contributed by atoms with van der Waals surface area (Å²) in [6.07, 6.45) is -2.31. The van der Waals surface area contributed by atoms with Crippen LogP contribution in [-0.4, -0.2) is 20.0 Å². The average molecular weight is 278 g/mol. The summed E-state index contributed by atoms with van der Waals surface area (Å²) in [7, 11) is 1.68. The van der Waals surface area contributed by atoms with Crippen LogP contribution in [-0.2, 0) is 5.33 Å². The van der Waals surface area contributed by atoms with Crippen LogP contribution in [0.15, 0.2) is 18.2 Å². The third-order valence-electron chi connectivity index (χ3n) is 2.20. The van der Waals surface area contributed by atoms with E-state index < -0.39 is 6.43 Å². The fourth-order valence-corrected chi connectivity index (χ4v) is 1.95. The summed E-state index contributed by atoms with van der Waals surface area (Å²) in [5.41, 5.74) is 3.04. The summed E-state index contributed by atoms with van der Waals surface area (Å²) < 4.78 is 24.5. The lowest BCUT2D eigenvalue weighted by molar-refractivity contribution is 0.156. The molecule has 0 amide bonds. The zero-order valence-electron chi connectivity index (χ0n) is 8.80. The van der Waals surface area contributed by atoms with Crippen LogP contribution in [0, 0.1) is 6.92 Å². The number of hydrogen-bond donors (Lipinski definition) is 0. The maximum Gasteiger partial charge on any atom is 0.255 e. The van der Waals surface area contributed by atoms with Gasteiger partial charge in [-0.25, -0.2) is 8.78 Å². The van der Waals surface area contributed by atoms with Crippen LogP contribution in [0.4, 0.5) is 14.5 Å². The smallest absolute Gasteiger partial charge is 0.255 e. The summed E-state index contributed by atoms with van der Waals surface area (Å²) in [5.74, 6) is 0. The first kappa shape index (κ1) is 12.4. The summed E-state index contributed by atoms with van der Waals surface area (Å²) in [4.78, 5) is 1.58. The summed E-state index contributed by atoms with van der Waals surface area (Å²) >= 11 is 3.36. The molecule has 4 heteroatoms. The monoisotopic (exact) mass is 277 g/mol. The Morgan fingerprint density at radius 1 is 1.40 bits per heavy atom. The molecule has 15 heavy (non-hydrogen) atoms. The lowest BCUT2D eigenvalue weighted by Crippen LogP contribution is -2.24. The second kappa shape index (κ2) is 5.45. The number of halogens is 3. The molecular weight excluding hydrogens is 264 g/mol. The molecule has 1 aromatic carbocycles. The van der Waals surface area contributed by atoms with E-state index in [1.54, 1.807) is 11.9 Å². The van der Waals surface area contributed by atoms with Crippen LogP contribution >= 0.6 is 15.9 Å². The molecule has 0 saturated carbocycles. The first-order chi connectivity index (χ1) is 7.04. The van der Waals surface area contributed by atoms with Gasteiger partial charge in [0, 0.05) is 18.1 Å². The van der Waals surface area contributed by atoms with Gasteiger partial charge in [0.25, 0.3) is 6.43 Å². The van der Waals surface area contributed by atoms with Gasteiger partial charge in [-0.1, -0.05) is 33.6 Å². The molecule has 0 N–H and O–H groups in total. The van der Waals surface area contributed by atoms with Gasteiger partial charge in [0.15, 0.2) is 0 Å². The van der Waals surface area contributed by atoms with Crippen LogP contribution in [0.3, 0.4) is 0 Å². The number of hydrogen-bond acceptors (Lipinski definition) is 1. The van der Waals surface area contributed by atoms with Crippen molar-refractivity contribution in [1.29, 1.82) is 0 Å². The van der Waals surface area contributed by atoms with Gasteiger partial charge in [0.05, 0.1) is 6.54 Å². The Kier molecular flexibility index (Phi) is 4.51. The van der Waals surface area contributed by atoms with Gasteiger partial charge in [-0.3, -0.25) is 0 Å². The molecule has 0 aliphatic heterocycles. The fraction of sp³-hybridized carbons (Fsp3) is 0.455. The quantitative estimate of drug-likeness (QED) is 0.761. The van der Waals surface area contributed by atoms with E-state index in [2.05, 4.69) is 15.9 Å². The van der Waals surface area contributed by atoms with Crippen molar-refractivity contribution in [1.82, 2.24) is 0 Å². The minimum Gasteiger partial charge on any atom is -0.369 e. The van der Waals surface area contributed by atoms with Gasteiger partial charge in [-0.2, -0.15) is 0 Å². The van der Waals surface area contributed by atoms with Gasteiger partial charge in [0.2, 0.25) is 0 Å². The van der Waals surface area contributed by atoms with Crippen LogP contribution in [0.25, 0.3) is 0 Å². The SMILES string of the molecule is Cc1ccc(N(C)CC(F)F)c(CBr)c1. The Balaban J connectivity index is 2.92. The van der Waals surface area contributed by atoms with Crippen molar-refractivity contribution in [2.45, 2.75) is 18.7 Å². The number of rotatable bonds is 4. The number of benzene rings is 1. The van der Waals surface area contributed by atoms with Gasteiger partial charge < -0.3 is 4.90 Å². The van der Waals surface area contributed by atoms with Crippen molar-refractivity contribution >= 4 is 21.6 Å². The molecule has 0 aliphatic carbocycles. The van der Waals surface area contributed by atoms with Gasteiger partial charge in [-0.15, -0.1) is 0 Å². The largest absolute Gasteiger partial charge is 0.369 e. The maximum atomic E-state index is 12.2. The standard InChI is InChI=1S/C11H14BrF2N/c1-8-3-4-10(9(5-8)6-12)15(2)7-11(13)14/h3-5,11H,6-7H2,1-2H3. The number of alkyl halides is 3. The number of aryl methyl sites for hydroxylation is 1. The molecule has 1 rings (SSSR count). The molecular formula is C11H14BrF2N. The molecule has 1 aromatic rings. The van der Waals surface area contributed by atoms with Crippen LogP contribution in [0.5, 0.6) is 0 Å². The van der Waals surface area contributed by atoms with E-state index in [0.29, 0.717) is 5.33 Å². The van der Waals surface area contributed by atoms with Gasteiger partial charge >= 0.3 is 0 Å². The van der Waals surface area contributed by atoms with E-state index in [1.165, 1.54) is 0 Å². The van der Waals surface area contributed by atoms with E-state index in [1.807, 2.05) is 25.1 Å². The van der Waals surface area contributed by atoms with Crippen molar-refractivity contribution in [3.8, 4) is 0 Å². The second-order valence-electron chi connectivity index (χ2n) is 3.54.